The molecule has 0 aliphatic carbocycles. The second kappa shape index (κ2) is 12.5. The van der Waals surface area contributed by atoms with Crippen LogP contribution < -0.4 is 10.5 Å². The first kappa shape index (κ1) is 32.2. The second-order valence-electron chi connectivity index (χ2n) is 11.5. The molecule has 1 aliphatic heterocycles. The van der Waals surface area contributed by atoms with Crippen molar-refractivity contribution in [2.75, 3.05) is 34.8 Å². The SMILES string of the molecule is COc1cc(C2=C(C(C)(C)c3ccc(F)c(Cl)c3)N(C)C(SCc3c(F)cc(CCCN)cc3F)[N+]2(C)C)ccc1F. The number of methoxy groups -OCH3 is 1. The number of rotatable bonds is 10. The van der Waals surface area contributed by atoms with Gasteiger partial charge in [-0.1, -0.05) is 43.3 Å². The van der Waals surface area contributed by atoms with Gasteiger partial charge in [0, 0.05) is 29.3 Å². The number of nitrogens with two attached hydrogens (primary N) is 1. The van der Waals surface area contributed by atoms with Gasteiger partial charge in [0.15, 0.2) is 17.3 Å². The molecule has 2 N–H and O–H groups in total. The van der Waals surface area contributed by atoms with Gasteiger partial charge in [-0.05, 0) is 73.0 Å². The molecule has 1 unspecified atom stereocenters. The first-order valence-electron chi connectivity index (χ1n) is 13.6. The highest BCUT2D eigenvalue weighted by molar-refractivity contribution is 7.98. The summed E-state index contributed by atoms with van der Waals surface area (Å²) in [6.45, 7) is 4.46. The Morgan fingerprint density at radius 3 is 2.21 bits per heavy atom. The standard InChI is InChI=1S/C32H37ClF4N3OS/c1-32(2,21-10-12-24(34)23(33)17-21)30-29(20-9-11-25(35)28(16-20)41-6)40(4,5)31(39(30)3)42-18-22-26(36)14-19(8-7-13-38)15-27(22)37/h9-12,14-17,31H,7-8,13,18,38H2,1-6H3/q+1. The van der Waals surface area contributed by atoms with Crippen molar-refractivity contribution in [3.63, 3.8) is 0 Å². The fourth-order valence-electron chi connectivity index (χ4n) is 5.83. The fourth-order valence-corrected chi connectivity index (χ4v) is 7.41. The summed E-state index contributed by atoms with van der Waals surface area (Å²) in [6.07, 6.45) is 1.15. The van der Waals surface area contributed by atoms with Crippen molar-refractivity contribution in [3.05, 3.63) is 105 Å². The van der Waals surface area contributed by atoms with Crippen LogP contribution in [-0.4, -0.2) is 49.7 Å². The van der Waals surface area contributed by atoms with Crippen LogP contribution in [0.15, 0.2) is 54.2 Å². The Morgan fingerprint density at radius 2 is 1.62 bits per heavy atom. The van der Waals surface area contributed by atoms with E-state index in [0.717, 1.165) is 22.5 Å². The monoisotopic (exact) mass is 622 g/mol. The molecule has 4 nitrogen and oxygen atoms in total. The molecule has 0 aromatic heterocycles. The van der Waals surface area contributed by atoms with Crippen molar-refractivity contribution < 1.29 is 26.8 Å². The minimum absolute atomic E-state index is 0.00682. The zero-order valence-corrected chi connectivity index (χ0v) is 26.3. The average molecular weight is 623 g/mol. The lowest BCUT2D eigenvalue weighted by molar-refractivity contribution is -0.832. The van der Waals surface area contributed by atoms with Gasteiger partial charge >= 0.3 is 0 Å². The number of ether oxygens (including phenoxy) is 1. The van der Waals surface area contributed by atoms with E-state index in [1.165, 1.54) is 43.1 Å². The molecule has 0 fully saturated rings. The van der Waals surface area contributed by atoms with Crippen LogP contribution in [0.3, 0.4) is 0 Å². The van der Waals surface area contributed by atoms with E-state index in [4.69, 9.17) is 22.1 Å². The van der Waals surface area contributed by atoms with Crippen LogP contribution >= 0.6 is 23.4 Å². The maximum absolute atomic E-state index is 15.1. The van der Waals surface area contributed by atoms with Gasteiger partial charge in [-0.3, -0.25) is 4.48 Å². The van der Waals surface area contributed by atoms with Gasteiger partial charge in [-0.25, -0.2) is 17.6 Å². The molecule has 3 aromatic rings. The van der Waals surface area contributed by atoms with Gasteiger partial charge in [-0.2, -0.15) is 0 Å². The minimum Gasteiger partial charge on any atom is -0.494 e. The van der Waals surface area contributed by atoms with Crippen molar-refractivity contribution >= 4 is 29.1 Å². The third-order valence-electron chi connectivity index (χ3n) is 7.94. The summed E-state index contributed by atoms with van der Waals surface area (Å²) < 4.78 is 64.4. The van der Waals surface area contributed by atoms with Crippen LogP contribution in [0.1, 0.15) is 42.5 Å². The largest absolute Gasteiger partial charge is 0.494 e. The molecule has 0 spiro atoms. The topological polar surface area (TPSA) is 38.5 Å². The lowest BCUT2D eigenvalue weighted by atomic mass is 9.79. The summed E-state index contributed by atoms with van der Waals surface area (Å²) in [6, 6.07) is 12.1. The average Bonchev–Trinajstić information content (AvgIpc) is 3.13. The van der Waals surface area contributed by atoms with E-state index < -0.39 is 28.7 Å². The molecule has 0 radical (unpaired) electrons. The fraction of sp³-hybridized carbons (Fsp3) is 0.375. The van der Waals surface area contributed by atoms with Crippen LogP contribution in [-0.2, 0) is 17.6 Å². The lowest BCUT2D eigenvalue weighted by Crippen LogP contribution is -2.47. The predicted octanol–water partition coefficient (Wildman–Crippen LogP) is 7.68. The molecule has 0 amide bonds. The number of quaternary nitrogens is 1. The molecular weight excluding hydrogens is 586 g/mol. The number of nitrogens with zero attached hydrogens (tertiary/aromatic N) is 2. The number of halogens is 5. The van der Waals surface area contributed by atoms with Crippen molar-refractivity contribution in [1.82, 2.24) is 4.90 Å². The molecule has 0 saturated carbocycles. The first-order chi connectivity index (χ1) is 19.7. The minimum atomic E-state index is -0.699. The normalized spacial score (nSPS) is 16.9. The number of benzene rings is 3. The van der Waals surface area contributed by atoms with Gasteiger partial charge < -0.3 is 15.4 Å². The van der Waals surface area contributed by atoms with Crippen molar-refractivity contribution in [3.8, 4) is 5.75 Å². The maximum atomic E-state index is 15.1. The Labute approximate surface area is 254 Å². The zero-order chi connectivity index (χ0) is 31.0. The van der Waals surface area contributed by atoms with E-state index >= 15 is 8.78 Å². The third-order valence-corrected chi connectivity index (χ3v) is 9.83. The molecule has 42 heavy (non-hydrogen) atoms. The van der Waals surface area contributed by atoms with Crippen LogP contribution in [0.4, 0.5) is 17.6 Å². The number of hydrogen-bond donors (Lipinski definition) is 1. The van der Waals surface area contributed by atoms with Crippen molar-refractivity contribution in [1.29, 1.82) is 0 Å². The zero-order valence-electron chi connectivity index (χ0n) is 24.7. The summed E-state index contributed by atoms with van der Waals surface area (Å²) >= 11 is 7.60. The number of hydrogen-bond acceptors (Lipinski definition) is 4. The third kappa shape index (κ3) is 6.02. The molecule has 10 heteroatoms. The van der Waals surface area contributed by atoms with E-state index in [-0.39, 0.29) is 32.1 Å². The number of likely N-dealkylation sites (N-methyl/N-ethyl adjacent to an activating group) is 1. The Kier molecular flexibility index (Phi) is 9.57. The van der Waals surface area contributed by atoms with Crippen LogP contribution in [0, 0.1) is 23.3 Å². The van der Waals surface area contributed by atoms with Gasteiger partial charge in [0.2, 0.25) is 5.50 Å². The summed E-state index contributed by atoms with van der Waals surface area (Å²) in [5, 5.41) is 0.00682. The summed E-state index contributed by atoms with van der Waals surface area (Å²) in [4.78, 5) is 2.08. The highest BCUT2D eigenvalue weighted by atomic mass is 35.5. The maximum Gasteiger partial charge on any atom is 0.217 e. The molecule has 0 bridgehead atoms. The molecule has 1 atom stereocenters. The van der Waals surface area contributed by atoms with E-state index in [0.29, 0.717) is 24.9 Å². The van der Waals surface area contributed by atoms with Crippen LogP contribution in [0.25, 0.3) is 5.70 Å². The van der Waals surface area contributed by atoms with E-state index in [9.17, 15) is 8.78 Å². The summed E-state index contributed by atoms with van der Waals surface area (Å²) in [5.74, 6) is -1.99. The Morgan fingerprint density at radius 1 is 0.976 bits per heavy atom. The molecule has 0 saturated heterocycles. The van der Waals surface area contributed by atoms with E-state index in [1.54, 1.807) is 24.3 Å². The Hall–Kier alpha value is -2.72. The second-order valence-corrected chi connectivity index (χ2v) is 13.0. The number of allylic oxidation sites excluding steroid dienone is 1. The predicted molar refractivity (Wildman–Crippen MR) is 163 cm³/mol. The van der Waals surface area contributed by atoms with Gasteiger partial charge in [0.25, 0.3) is 0 Å². The van der Waals surface area contributed by atoms with Gasteiger partial charge in [-0.15, -0.1) is 0 Å². The number of thioether (sulfide) groups is 1. The van der Waals surface area contributed by atoms with Crippen molar-refractivity contribution in [2.24, 2.45) is 5.73 Å². The van der Waals surface area contributed by atoms with Gasteiger partial charge in [0.05, 0.1) is 31.9 Å². The summed E-state index contributed by atoms with van der Waals surface area (Å²) in [5.41, 5.74) is 8.36. The quantitative estimate of drug-likeness (QED) is 0.186. The van der Waals surface area contributed by atoms with Gasteiger partial charge in [0.1, 0.15) is 17.5 Å². The summed E-state index contributed by atoms with van der Waals surface area (Å²) in [7, 11) is 7.34. The molecular formula is C32H37ClF4N3OS+. The molecule has 1 aliphatic rings. The Bertz CT molecular complexity index is 1490. The van der Waals surface area contributed by atoms with E-state index in [1.807, 2.05) is 35.0 Å². The highest BCUT2D eigenvalue weighted by Gasteiger charge is 2.52. The van der Waals surface area contributed by atoms with Crippen LogP contribution in [0.2, 0.25) is 5.02 Å². The lowest BCUT2D eigenvalue weighted by Gasteiger charge is -2.36. The van der Waals surface area contributed by atoms with Crippen LogP contribution in [0.5, 0.6) is 5.75 Å². The number of aryl methyl sites for hydroxylation is 1. The first-order valence-corrected chi connectivity index (χ1v) is 15.1. The molecule has 4 rings (SSSR count). The van der Waals surface area contributed by atoms with E-state index in [2.05, 4.69) is 4.90 Å². The van der Waals surface area contributed by atoms with Crippen molar-refractivity contribution in [2.45, 2.75) is 43.4 Å². The molecule has 3 aromatic carbocycles. The molecule has 1 heterocycles. The Balaban J connectivity index is 1.80. The smallest absolute Gasteiger partial charge is 0.217 e. The highest BCUT2D eigenvalue weighted by Crippen LogP contribution is 2.51. The molecule has 226 valence electrons.